The molecule has 0 spiro atoms. The maximum absolute atomic E-state index is 5.80. The highest BCUT2D eigenvalue weighted by Gasteiger charge is 2.25. The molecule has 1 aromatic heterocycles. The zero-order chi connectivity index (χ0) is 7.14. The van der Waals surface area contributed by atoms with Crippen LogP contribution >= 0.6 is 0 Å². The van der Waals surface area contributed by atoms with Crippen molar-refractivity contribution in [3.05, 3.63) is 18.2 Å². The number of nitrogens with two attached hydrogens (primary N) is 1. The van der Waals surface area contributed by atoms with Crippen molar-refractivity contribution in [2.75, 3.05) is 0 Å². The lowest BCUT2D eigenvalue weighted by Crippen LogP contribution is -2.06. The molecule has 1 aliphatic heterocycles. The summed E-state index contributed by atoms with van der Waals surface area (Å²) in [5.41, 5.74) is 5.80. The van der Waals surface area contributed by atoms with E-state index >= 15 is 0 Å². The Balaban J connectivity index is 2.48. The lowest BCUT2D eigenvalue weighted by atomic mass is 10.2. The highest BCUT2D eigenvalue weighted by Crippen LogP contribution is 2.30. The molecule has 0 aromatic carbocycles. The Kier molecular flexibility index (Phi) is 1.08. The van der Waals surface area contributed by atoms with Gasteiger partial charge in [-0.2, -0.15) is 0 Å². The Morgan fingerprint density at radius 2 is 2.60 bits per heavy atom. The van der Waals surface area contributed by atoms with Crippen molar-refractivity contribution in [1.82, 2.24) is 9.55 Å². The van der Waals surface area contributed by atoms with Crippen molar-refractivity contribution in [1.29, 1.82) is 0 Å². The summed E-state index contributed by atoms with van der Waals surface area (Å²) in [6, 6.07) is 0.692. The van der Waals surface area contributed by atoms with Crippen LogP contribution in [0.4, 0.5) is 0 Å². The normalized spacial score (nSPS) is 30.6. The van der Waals surface area contributed by atoms with Gasteiger partial charge in [0.05, 0.1) is 6.04 Å². The van der Waals surface area contributed by atoms with Crippen molar-refractivity contribution in [3.63, 3.8) is 0 Å². The smallest absolute Gasteiger partial charge is 0.125 e. The summed E-state index contributed by atoms with van der Waals surface area (Å²) in [5, 5.41) is 0. The van der Waals surface area contributed by atoms with E-state index < -0.39 is 0 Å². The van der Waals surface area contributed by atoms with Gasteiger partial charge in [-0.25, -0.2) is 4.98 Å². The lowest BCUT2D eigenvalue weighted by molar-refractivity contribution is 0.554. The average molecular weight is 137 g/mol. The SMILES string of the molecule is C[C@@H]1C[C@@H](N)c2nccn21. The van der Waals surface area contributed by atoms with E-state index in [1.807, 2.05) is 12.4 Å². The van der Waals surface area contributed by atoms with E-state index in [9.17, 15) is 0 Å². The van der Waals surface area contributed by atoms with E-state index in [0.717, 1.165) is 12.2 Å². The molecule has 0 amide bonds. The van der Waals surface area contributed by atoms with Gasteiger partial charge in [0.1, 0.15) is 5.82 Å². The van der Waals surface area contributed by atoms with Gasteiger partial charge in [-0.3, -0.25) is 0 Å². The van der Waals surface area contributed by atoms with Crippen LogP contribution in [0.1, 0.15) is 31.3 Å². The number of fused-ring (bicyclic) bond motifs is 1. The molecule has 0 fully saturated rings. The van der Waals surface area contributed by atoms with Gasteiger partial charge in [0.25, 0.3) is 0 Å². The molecule has 3 nitrogen and oxygen atoms in total. The predicted octanol–water partition coefficient (Wildman–Crippen LogP) is 0.848. The topological polar surface area (TPSA) is 43.8 Å². The summed E-state index contributed by atoms with van der Waals surface area (Å²) >= 11 is 0. The molecule has 2 atom stereocenters. The quantitative estimate of drug-likeness (QED) is 0.576. The van der Waals surface area contributed by atoms with Crippen molar-refractivity contribution in [2.24, 2.45) is 5.73 Å². The first-order valence-electron chi connectivity index (χ1n) is 3.57. The third-order valence-electron chi connectivity index (χ3n) is 2.10. The summed E-state index contributed by atoms with van der Waals surface area (Å²) < 4.78 is 2.14. The second-order valence-corrected chi connectivity index (χ2v) is 2.88. The highest BCUT2D eigenvalue weighted by atomic mass is 15.1. The van der Waals surface area contributed by atoms with Crippen LogP contribution in [0.25, 0.3) is 0 Å². The summed E-state index contributed by atoms with van der Waals surface area (Å²) in [4.78, 5) is 4.17. The second-order valence-electron chi connectivity index (χ2n) is 2.88. The van der Waals surface area contributed by atoms with Crippen LogP contribution in [-0.4, -0.2) is 9.55 Å². The van der Waals surface area contributed by atoms with Gasteiger partial charge in [0.15, 0.2) is 0 Å². The molecule has 0 radical (unpaired) electrons. The van der Waals surface area contributed by atoms with Crippen molar-refractivity contribution in [2.45, 2.75) is 25.4 Å². The number of aromatic nitrogens is 2. The van der Waals surface area contributed by atoms with Crippen LogP contribution < -0.4 is 5.73 Å². The first-order chi connectivity index (χ1) is 4.79. The van der Waals surface area contributed by atoms with Gasteiger partial charge < -0.3 is 10.3 Å². The molecule has 2 N–H and O–H groups in total. The number of nitrogens with zero attached hydrogens (tertiary/aromatic N) is 2. The standard InChI is InChI=1S/C7H11N3/c1-5-4-6(8)7-9-2-3-10(5)7/h2-3,5-6H,4,8H2,1H3/t5-,6-/m1/s1. The summed E-state index contributed by atoms with van der Waals surface area (Å²) in [6.07, 6.45) is 4.83. The number of rotatable bonds is 0. The van der Waals surface area contributed by atoms with Crippen LogP contribution in [0.2, 0.25) is 0 Å². The molecule has 3 heteroatoms. The van der Waals surface area contributed by atoms with E-state index in [1.54, 1.807) is 0 Å². The van der Waals surface area contributed by atoms with E-state index in [1.165, 1.54) is 0 Å². The molecule has 0 unspecified atom stereocenters. The first kappa shape index (κ1) is 5.92. The zero-order valence-electron chi connectivity index (χ0n) is 5.99. The second kappa shape index (κ2) is 1.83. The zero-order valence-corrected chi connectivity index (χ0v) is 5.99. The number of hydrogen-bond donors (Lipinski definition) is 1. The molecular weight excluding hydrogens is 126 g/mol. The Bertz CT molecular complexity index is 218. The number of hydrogen-bond acceptors (Lipinski definition) is 2. The van der Waals surface area contributed by atoms with Crippen molar-refractivity contribution >= 4 is 0 Å². The summed E-state index contributed by atoms with van der Waals surface area (Å²) in [6.45, 7) is 2.16. The van der Waals surface area contributed by atoms with Crippen LogP contribution in [0.5, 0.6) is 0 Å². The van der Waals surface area contributed by atoms with Crippen LogP contribution in [0.15, 0.2) is 12.4 Å². The Morgan fingerprint density at radius 1 is 1.80 bits per heavy atom. The molecule has 2 rings (SSSR count). The van der Waals surface area contributed by atoms with Crippen LogP contribution in [-0.2, 0) is 0 Å². The fourth-order valence-electron chi connectivity index (χ4n) is 1.57. The minimum Gasteiger partial charge on any atom is -0.331 e. The summed E-state index contributed by atoms with van der Waals surface area (Å²) in [7, 11) is 0. The Morgan fingerprint density at radius 3 is 3.30 bits per heavy atom. The summed E-state index contributed by atoms with van der Waals surface area (Å²) in [5.74, 6) is 1.03. The minimum absolute atomic E-state index is 0.157. The maximum atomic E-state index is 5.80. The first-order valence-corrected chi connectivity index (χ1v) is 3.57. The van der Waals surface area contributed by atoms with Gasteiger partial charge in [0.2, 0.25) is 0 Å². The molecule has 0 aliphatic carbocycles. The largest absolute Gasteiger partial charge is 0.331 e. The Labute approximate surface area is 59.9 Å². The molecule has 2 heterocycles. The van der Waals surface area contributed by atoms with E-state index in [4.69, 9.17) is 5.73 Å². The van der Waals surface area contributed by atoms with Crippen molar-refractivity contribution in [3.8, 4) is 0 Å². The molecule has 0 bridgehead atoms. The van der Waals surface area contributed by atoms with Gasteiger partial charge in [-0.1, -0.05) is 0 Å². The molecule has 0 saturated carbocycles. The molecular formula is C7H11N3. The monoisotopic (exact) mass is 137 g/mol. The molecule has 1 aliphatic rings. The Hall–Kier alpha value is -0.830. The highest BCUT2D eigenvalue weighted by molar-refractivity contribution is 5.06. The maximum Gasteiger partial charge on any atom is 0.125 e. The van der Waals surface area contributed by atoms with Crippen molar-refractivity contribution < 1.29 is 0 Å². The molecule has 54 valence electrons. The fourth-order valence-corrected chi connectivity index (χ4v) is 1.57. The molecule has 10 heavy (non-hydrogen) atoms. The van der Waals surface area contributed by atoms with Gasteiger partial charge in [-0.15, -0.1) is 0 Å². The fraction of sp³-hybridized carbons (Fsp3) is 0.571. The number of imidazole rings is 1. The molecule has 0 saturated heterocycles. The average Bonchev–Trinajstić information content (AvgIpc) is 2.39. The van der Waals surface area contributed by atoms with E-state index in [2.05, 4.69) is 16.5 Å². The minimum atomic E-state index is 0.157. The molecule has 1 aromatic rings. The third kappa shape index (κ3) is 0.609. The van der Waals surface area contributed by atoms with E-state index in [0.29, 0.717) is 6.04 Å². The van der Waals surface area contributed by atoms with Gasteiger partial charge in [-0.05, 0) is 13.3 Å². The third-order valence-corrected chi connectivity index (χ3v) is 2.10. The predicted molar refractivity (Wildman–Crippen MR) is 38.5 cm³/mol. The van der Waals surface area contributed by atoms with Gasteiger partial charge >= 0.3 is 0 Å². The van der Waals surface area contributed by atoms with Crippen LogP contribution in [0, 0.1) is 0 Å². The van der Waals surface area contributed by atoms with Crippen LogP contribution in [0.3, 0.4) is 0 Å². The van der Waals surface area contributed by atoms with Gasteiger partial charge in [0, 0.05) is 18.4 Å². The van der Waals surface area contributed by atoms with E-state index in [-0.39, 0.29) is 6.04 Å². The lowest BCUT2D eigenvalue weighted by Gasteiger charge is -2.02.